The van der Waals surface area contributed by atoms with E-state index in [2.05, 4.69) is 6.07 Å². The van der Waals surface area contributed by atoms with Gasteiger partial charge in [-0.25, -0.2) is 0 Å². The van der Waals surface area contributed by atoms with E-state index >= 15 is 0 Å². The molecule has 0 radical (unpaired) electrons. The first-order valence-electron chi connectivity index (χ1n) is 11.3. The Morgan fingerprint density at radius 1 is 0.912 bits per heavy atom. The zero-order chi connectivity index (χ0) is 25.1. The molecular weight excluding hydrogens is 456 g/mol. The number of fused-ring (bicyclic) bond motifs is 1. The Morgan fingerprint density at radius 2 is 1.50 bits per heavy atom. The van der Waals surface area contributed by atoms with Gasteiger partial charge in [-0.2, -0.15) is 8.42 Å². The molecule has 0 saturated heterocycles. The van der Waals surface area contributed by atoms with Gasteiger partial charge in [-0.3, -0.25) is 13.8 Å². The zero-order valence-corrected chi connectivity index (χ0v) is 21.2. The third-order valence-corrected chi connectivity index (χ3v) is 7.99. The lowest BCUT2D eigenvalue weighted by Crippen LogP contribution is -2.42. The quantitative estimate of drug-likeness (QED) is 0.229. The van der Waals surface area contributed by atoms with Crippen LogP contribution >= 0.6 is 0 Å². The van der Waals surface area contributed by atoms with Crippen LogP contribution in [0, 0.1) is 26.2 Å². The predicted molar refractivity (Wildman–Crippen MR) is 127 cm³/mol. The maximum Gasteiger partial charge on any atom is 0.323 e. The molecule has 0 N–H and O–H groups in total. The Kier molecular flexibility index (Phi) is 7.83. The number of unbranched alkanes of at least 4 members (excludes halogenated alkanes) is 1. The number of hydrogen-bond donors (Lipinski definition) is 0. The fourth-order valence-corrected chi connectivity index (χ4v) is 5.59. The van der Waals surface area contributed by atoms with Gasteiger partial charge in [-0.05, 0) is 80.0 Å². The highest BCUT2D eigenvalue weighted by Gasteiger charge is 2.53. The van der Waals surface area contributed by atoms with E-state index in [1.54, 1.807) is 24.3 Å². The molecule has 0 heterocycles. The van der Waals surface area contributed by atoms with Crippen LogP contribution in [0.15, 0.2) is 35.2 Å². The molecule has 0 aromatic heterocycles. The normalized spacial score (nSPS) is 14.5. The van der Waals surface area contributed by atoms with E-state index in [4.69, 9.17) is 13.7 Å². The largest absolute Gasteiger partial charge is 0.468 e. The number of hydrogen-bond acceptors (Lipinski definition) is 7. The minimum Gasteiger partial charge on any atom is -0.468 e. The molecule has 184 valence electrons. The van der Waals surface area contributed by atoms with E-state index < -0.39 is 27.5 Å². The third-order valence-electron chi connectivity index (χ3n) is 6.66. The van der Waals surface area contributed by atoms with E-state index in [1.807, 2.05) is 20.8 Å². The fourth-order valence-electron chi connectivity index (χ4n) is 4.65. The summed E-state index contributed by atoms with van der Waals surface area (Å²) in [6, 6.07) is 8.66. The second-order valence-corrected chi connectivity index (χ2v) is 10.5. The van der Waals surface area contributed by atoms with Crippen molar-refractivity contribution in [3.05, 3.63) is 63.7 Å². The van der Waals surface area contributed by atoms with Gasteiger partial charge in [0.15, 0.2) is 5.41 Å². The van der Waals surface area contributed by atoms with Crippen LogP contribution in [0.25, 0.3) is 0 Å². The molecule has 2 aromatic carbocycles. The van der Waals surface area contributed by atoms with Crippen LogP contribution in [-0.2, 0) is 52.6 Å². The number of methoxy groups -OCH3 is 2. The molecule has 0 atom stereocenters. The van der Waals surface area contributed by atoms with Crippen molar-refractivity contribution in [1.29, 1.82) is 0 Å². The van der Waals surface area contributed by atoms with Crippen molar-refractivity contribution >= 4 is 22.1 Å². The molecule has 0 unspecified atom stereocenters. The van der Waals surface area contributed by atoms with Crippen LogP contribution < -0.4 is 0 Å². The predicted octanol–water partition coefficient (Wildman–Crippen LogP) is 3.77. The highest BCUT2D eigenvalue weighted by Crippen LogP contribution is 2.43. The summed E-state index contributed by atoms with van der Waals surface area (Å²) in [5.41, 5.74) is 4.79. The molecule has 0 bridgehead atoms. The molecule has 0 fully saturated rings. The van der Waals surface area contributed by atoms with Crippen LogP contribution in [0.4, 0.5) is 0 Å². The van der Waals surface area contributed by atoms with Crippen molar-refractivity contribution in [1.82, 2.24) is 0 Å². The Hall–Kier alpha value is -2.71. The number of carbonyl (C=O) groups excluding carboxylic acids is 2. The summed E-state index contributed by atoms with van der Waals surface area (Å²) in [6.45, 7) is 5.97. The van der Waals surface area contributed by atoms with Crippen LogP contribution in [0.1, 0.15) is 46.2 Å². The lowest BCUT2D eigenvalue weighted by molar-refractivity contribution is -0.168. The molecule has 7 nitrogen and oxygen atoms in total. The van der Waals surface area contributed by atoms with Gasteiger partial charge in [0.25, 0.3) is 10.1 Å². The van der Waals surface area contributed by atoms with Gasteiger partial charge in [0.05, 0.1) is 25.7 Å². The van der Waals surface area contributed by atoms with Gasteiger partial charge in [0.1, 0.15) is 0 Å². The SMILES string of the molecule is COC(=O)C1(C(=O)OC)Cc2c(C)cc(CCCCOS(=O)(=O)c3ccc(C)cc3)c(C)c2C1. The minimum absolute atomic E-state index is 0.104. The first-order chi connectivity index (χ1) is 16.1. The number of aryl methyl sites for hydroxylation is 3. The summed E-state index contributed by atoms with van der Waals surface area (Å²) in [4.78, 5) is 25.3. The number of rotatable bonds is 9. The van der Waals surface area contributed by atoms with Crippen LogP contribution in [0.5, 0.6) is 0 Å². The minimum atomic E-state index is -3.77. The molecule has 3 rings (SSSR count). The zero-order valence-electron chi connectivity index (χ0n) is 20.4. The highest BCUT2D eigenvalue weighted by atomic mass is 32.2. The van der Waals surface area contributed by atoms with Crippen LogP contribution in [0.3, 0.4) is 0 Å². The summed E-state index contributed by atoms with van der Waals surface area (Å²) in [5.74, 6) is -1.16. The Bertz CT molecular complexity index is 1160. The van der Waals surface area contributed by atoms with Crippen molar-refractivity contribution in [2.45, 2.75) is 57.8 Å². The number of esters is 2. The lowest BCUT2D eigenvalue weighted by atomic mass is 9.84. The monoisotopic (exact) mass is 488 g/mol. The van der Waals surface area contributed by atoms with Gasteiger partial charge in [0.2, 0.25) is 0 Å². The third kappa shape index (κ3) is 5.03. The molecule has 1 aliphatic rings. The molecule has 0 amide bonds. The van der Waals surface area contributed by atoms with E-state index in [-0.39, 0.29) is 24.3 Å². The van der Waals surface area contributed by atoms with Crippen LogP contribution in [-0.4, -0.2) is 41.2 Å². The summed E-state index contributed by atoms with van der Waals surface area (Å²) < 4.78 is 39.8. The van der Waals surface area contributed by atoms with E-state index in [0.29, 0.717) is 6.42 Å². The summed E-state index contributed by atoms with van der Waals surface area (Å²) in [7, 11) is -1.21. The van der Waals surface area contributed by atoms with E-state index in [0.717, 1.165) is 46.2 Å². The van der Waals surface area contributed by atoms with Crippen molar-refractivity contribution in [2.75, 3.05) is 20.8 Å². The first kappa shape index (κ1) is 25.9. The van der Waals surface area contributed by atoms with Crippen LogP contribution in [0.2, 0.25) is 0 Å². The maximum atomic E-state index is 12.6. The molecule has 2 aromatic rings. The van der Waals surface area contributed by atoms with Gasteiger partial charge < -0.3 is 9.47 Å². The van der Waals surface area contributed by atoms with Gasteiger partial charge in [0, 0.05) is 12.8 Å². The van der Waals surface area contributed by atoms with Crippen molar-refractivity contribution < 1.29 is 31.7 Å². The van der Waals surface area contributed by atoms with E-state index in [1.165, 1.54) is 14.2 Å². The second kappa shape index (κ2) is 10.3. The lowest BCUT2D eigenvalue weighted by Gasteiger charge is -2.22. The second-order valence-electron chi connectivity index (χ2n) is 8.90. The number of benzene rings is 2. The van der Waals surface area contributed by atoms with E-state index in [9.17, 15) is 18.0 Å². The topological polar surface area (TPSA) is 96.0 Å². The molecule has 34 heavy (non-hydrogen) atoms. The smallest absolute Gasteiger partial charge is 0.323 e. The molecular formula is C26H32O7S. The highest BCUT2D eigenvalue weighted by molar-refractivity contribution is 7.86. The van der Waals surface area contributed by atoms with Gasteiger partial charge in [-0.15, -0.1) is 0 Å². The van der Waals surface area contributed by atoms with Gasteiger partial charge in [-0.1, -0.05) is 23.8 Å². The van der Waals surface area contributed by atoms with Crippen molar-refractivity contribution in [3.63, 3.8) is 0 Å². The average molecular weight is 489 g/mol. The number of carbonyl (C=O) groups is 2. The summed E-state index contributed by atoms with van der Waals surface area (Å²) >= 11 is 0. The summed E-state index contributed by atoms with van der Waals surface area (Å²) in [6.07, 6.45) is 2.56. The Labute approximate surface area is 201 Å². The average Bonchev–Trinajstić information content (AvgIpc) is 3.24. The van der Waals surface area contributed by atoms with Crippen molar-refractivity contribution in [3.8, 4) is 0 Å². The molecule has 0 aliphatic heterocycles. The molecule has 0 spiro atoms. The molecule has 8 heteroatoms. The van der Waals surface area contributed by atoms with Gasteiger partial charge >= 0.3 is 11.9 Å². The Balaban J connectivity index is 1.66. The summed E-state index contributed by atoms with van der Waals surface area (Å²) in [5, 5.41) is 0. The standard InChI is InChI=1S/C26H32O7S/c1-17-9-11-21(12-10-17)34(29,30)33-13-7-6-8-20-14-18(2)22-15-26(24(27)31-4,25(28)32-5)16-23(22)19(20)3/h9-12,14H,6-8,13,15-16H2,1-5H3. The molecule has 1 aliphatic carbocycles. The maximum absolute atomic E-state index is 12.6. The van der Waals surface area contributed by atoms with Crippen molar-refractivity contribution in [2.24, 2.45) is 5.41 Å². The fraction of sp³-hybridized carbons (Fsp3) is 0.462. The molecule has 0 saturated carbocycles. The number of ether oxygens (including phenoxy) is 2. The first-order valence-corrected chi connectivity index (χ1v) is 12.7. The Morgan fingerprint density at radius 3 is 2.09 bits per heavy atom.